The Kier molecular flexibility index (Phi) is 7.46. The molecule has 2 amide bonds. The monoisotopic (exact) mass is 552 g/mol. The number of nitrogens with zero attached hydrogens (tertiary/aromatic N) is 7. The van der Waals surface area contributed by atoms with Gasteiger partial charge in [0.1, 0.15) is 18.3 Å². The van der Waals surface area contributed by atoms with E-state index in [1.807, 2.05) is 37.3 Å². The summed E-state index contributed by atoms with van der Waals surface area (Å²) in [6.45, 7) is 2.55. The number of ether oxygens (including phenoxy) is 1. The van der Waals surface area contributed by atoms with Crippen LogP contribution in [0.3, 0.4) is 0 Å². The summed E-state index contributed by atoms with van der Waals surface area (Å²) in [7, 11) is 0. The number of amides is 2. The van der Waals surface area contributed by atoms with Gasteiger partial charge in [-0.3, -0.25) is 24.5 Å². The van der Waals surface area contributed by atoms with Crippen molar-refractivity contribution in [3.05, 3.63) is 84.5 Å². The molecule has 1 aliphatic rings. The Labute approximate surface area is 235 Å². The Morgan fingerprint density at radius 1 is 1.15 bits per heavy atom. The predicted molar refractivity (Wildman–Crippen MR) is 148 cm³/mol. The molecule has 0 radical (unpaired) electrons. The third kappa shape index (κ3) is 5.82. The first-order chi connectivity index (χ1) is 20.0. The second-order valence-electron chi connectivity index (χ2n) is 9.77. The van der Waals surface area contributed by atoms with E-state index < -0.39 is 11.9 Å². The summed E-state index contributed by atoms with van der Waals surface area (Å²) in [6, 6.07) is 15.4. The van der Waals surface area contributed by atoms with Gasteiger partial charge in [-0.25, -0.2) is 0 Å². The summed E-state index contributed by atoms with van der Waals surface area (Å²) in [5.74, 6) is 0.614. The minimum atomic E-state index is -1.02. The third-order valence-electron chi connectivity index (χ3n) is 6.87. The predicted octanol–water partition coefficient (Wildman–Crippen LogP) is 3.25. The number of aryl methyl sites for hydroxylation is 1. The lowest BCUT2D eigenvalue weighted by Gasteiger charge is -2.31. The molecule has 0 aliphatic carbocycles. The molecule has 5 heterocycles. The summed E-state index contributed by atoms with van der Waals surface area (Å²) in [5, 5.41) is 16.3. The maximum atomic E-state index is 14.1. The molecule has 1 N–H and O–H groups in total. The van der Waals surface area contributed by atoms with Crippen molar-refractivity contribution in [2.75, 3.05) is 18.1 Å². The van der Waals surface area contributed by atoms with Crippen LogP contribution < -0.4 is 10.2 Å². The van der Waals surface area contributed by atoms with Gasteiger partial charge in [0.05, 0.1) is 23.5 Å². The van der Waals surface area contributed by atoms with E-state index in [0.717, 1.165) is 23.7 Å². The Bertz CT molecular complexity index is 1660. The molecule has 0 spiro atoms. The molecule has 4 aromatic heterocycles. The lowest BCUT2D eigenvalue weighted by atomic mass is 10.0. The van der Waals surface area contributed by atoms with Gasteiger partial charge in [0.2, 0.25) is 11.7 Å². The fourth-order valence-electron chi connectivity index (χ4n) is 4.87. The minimum absolute atomic E-state index is 0.0634. The second kappa shape index (κ2) is 11.6. The molecule has 1 saturated heterocycles. The van der Waals surface area contributed by atoms with E-state index in [-0.39, 0.29) is 24.4 Å². The molecule has 12 heteroatoms. The first kappa shape index (κ1) is 26.3. The van der Waals surface area contributed by atoms with E-state index in [9.17, 15) is 9.59 Å². The van der Waals surface area contributed by atoms with Crippen LogP contribution in [0.5, 0.6) is 0 Å². The number of hydrogen-bond acceptors (Lipinski definition) is 9. The van der Waals surface area contributed by atoms with E-state index in [1.165, 1.54) is 9.70 Å². The van der Waals surface area contributed by atoms with Gasteiger partial charge in [0, 0.05) is 30.9 Å². The first-order valence-corrected chi connectivity index (χ1v) is 13.4. The van der Waals surface area contributed by atoms with Crippen molar-refractivity contribution in [1.29, 1.82) is 0 Å². The van der Waals surface area contributed by atoms with Crippen LogP contribution in [0.2, 0.25) is 0 Å². The molecule has 0 saturated carbocycles. The Morgan fingerprint density at radius 3 is 2.78 bits per heavy atom. The highest BCUT2D eigenvalue weighted by Gasteiger charge is 2.34. The first-order valence-electron chi connectivity index (χ1n) is 13.4. The summed E-state index contributed by atoms with van der Waals surface area (Å²) >= 11 is 0. The van der Waals surface area contributed by atoms with Crippen molar-refractivity contribution in [2.24, 2.45) is 0 Å². The molecule has 1 aliphatic heterocycles. The van der Waals surface area contributed by atoms with Gasteiger partial charge < -0.3 is 14.5 Å². The molecule has 1 aromatic carbocycles. The van der Waals surface area contributed by atoms with Crippen molar-refractivity contribution in [2.45, 2.75) is 38.5 Å². The topological polar surface area (TPSA) is 141 Å². The van der Waals surface area contributed by atoms with Crippen LogP contribution in [-0.2, 0) is 20.9 Å². The number of tetrazole rings is 1. The number of fused-ring (bicyclic) bond motifs is 1. The fourth-order valence-corrected chi connectivity index (χ4v) is 4.87. The number of aromatic nitrogens is 6. The third-order valence-corrected chi connectivity index (χ3v) is 6.87. The SMILES string of the molecule is Cc1ccc(-c2nnn(CC(=O)N(c3cnc4ccccc4c3)[C@H](C(=O)NC[C@@H]3CCCO3)c3ccncc3)n2)o1. The van der Waals surface area contributed by atoms with Crippen LogP contribution >= 0.6 is 0 Å². The number of furan rings is 1. The lowest BCUT2D eigenvalue weighted by Crippen LogP contribution is -2.46. The number of para-hydroxylation sites is 1. The van der Waals surface area contributed by atoms with Gasteiger partial charge in [-0.05, 0) is 66.9 Å². The highest BCUT2D eigenvalue weighted by Crippen LogP contribution is 2.30. The van der Waals surface area contributed by atoms with Crippen molar-refractivity contribution >= 4 is 28.4 Å². The standard InChI is InChI=1S/C29H28N8O4/c1-19-8-9-25(41-19)28-33-35-36(34-28)18-26(38)37(22-15-21-5-2-3-7-24(21)31-16-22)27(20-10-12-30-13-11-20)29(39)32-17-23-6-4-14-40-23/h2-3,5,7-13,15-16,23,27H,4,6,14,17-18H2,1H3,(H,32,39)/t23-,27-/m0/s1. The zero-order valence-corrected chi connectivity index (χ0v) is 22.4. The normalized spacial score (nSPS) is 15.6. The zero-order chi connectivity index (χ0) is 28.2. The molecule has 0 unspecified atom stereocenters. The molecule has 208 valence electrons. The number of benzene rings is 1. The highest BCUT2D eigenvalue weighted by atomic mass is 16.5. The quantitative estimate of drug-likeness (QED) is 0.292. The maximum Gasteiger partial charge on any atom is 0.251 e. The second-order valence-corrected chi connectivity index (χ2v) is 9.77. The van der Waals surface area contributed by atoms with E-state index in [0.29, 0.717) is 35.9 Å². The van der Waals surface area contributed by atoms with Gasteiger partial charge in [-0.2, -0.15) is 4.80 Å². The van der Waals surface area contributed by atoms with E-state index in [4.69, 9.17) is 9.15 Å². The lowest BCUT2D eigenvalue weighted by molar-refractivity contribution is -0.127. The average Bonchev–Trinajstić information content (AvgIpc) is 3.77. The minimum Gasteiger partial charge on any atom is -0.458 e. The van der Waals surface area contributed by atoms with Gasteiger partial charge in [0.15, 0.2) is 5.76 Å². The van der Waals surface area contributed by atoms with E-state index in [1.54, 1.807) is 42.9 Å². The molecular weight excluding hydrogens is 524 g/mol. The summed E-state index contributed by atoms with van der Waals surface area (Å²) in [4.78, 5) is 39.3. The zero-order valence-electron chi connectivity index (χ0n) is 22.4. The number of rotatable bonds is 9. The Morgan fingerprint density at radius 2 is 2.00 bits per heavy atom. The van der Waals surface area contributed by atoms with Crippen LogP contribution in [0.4, 0.5) is 5.69 Å². The number of carbonyl (C=O) groups is 2. The fraction of sp³-hybridized carbons (Fsp3) is 0.276. The summed E-state index contributed by atoms with van der Waals surface area (Å²) in [6.07, 6.45) is 6.53. The average molecular weight is 553 g/mol. The smallest absolute Gasteiger partial charge is 0.251 e. The molecule has 0 bridgehead atoms. The van der Waals surface area contributed by atoms with Crippen LogP contribution in [0, 0.1) is 6.92 Å². The van der Waals surface area contributed by atoms with Crippen LogP contribution in [0.1, 0.15) is 30.2 Å². The van der Waals surface area contributed by atoms with Gasteiger partial charge >= 0.3 is 0 Å². The molecule has 12 nitrogen and oxygen atoms in total. The van der Waals surface area contributed by atoms with E-state index >= 15 is 0 Å². The molecule has 6 rings (SSSR count). The van der Waals surface area contributed by atoms with Gasteiger partial charge in [-0.1, -0.05) is 18.2 Å². The van der Waals surface area contributed by atoms with Crippen molar-refractivity contribution in [1.82, 2.24) is 35.5 Å². The molecule has 41 heavy (non-hydrogen) atoms. The number of pyridine rings is 2. The number of nitrogens with one attached hydrogen (secondary N) is 1. The van der Waals surface area contributed by atoms with Gasteiger partial charge in [-0.15, -0.1) is 10.2 Å². The molecule has 5 aromatic rings. The summed E-state index contributed by atoms with van der Waals surface area (Å²) in [5.41, 5.74) is 1.80. The Balaban J connectivity index is 1.37. The van der Waals surface area contributed by atoms with Crippen LogP contribution in [0.15, 0.2) is 77.6 Å². The van der Waals surface area contributed by atoms with Crippen molar-refractivity contribution < 1.29 is 18.7 Å². The maximum absolute atomic E-state index is 14.1. The van der Waals surface area contributed by atoms with Gasteiger partial charge in [0.25, 0.3) is 5.91 Å². The Hall–Kier alpha value is -4.97. The van der Waals surface area contributed by atoms with E-state index in [2.05, 4.69) is 30.7 Å². The largest absolute Gasteiger partial charge is 0.458 e. The number of hydrogen-bond donors (Lipinski definition) is 1. The van der Waals surface area contributed by atoms with Crippen LogP contribution in [0.25, 0.3) is 22.5 Å². The highest BCUT2D eigenvalue weighted by molar-refractivity contribution is 6.02. The summed E-state index contributed by atoms with van der Waals surface area (Å²) < 4.78 is 11.3. The number of anilines is 1. The van der Waals surface area contributed by atoms with Crippen molar-refractivity contribution in [3.63, 3.8) is 0 Å². The molecule has 1 fully saturated rings. The van der Waals surface area contributed by atoms with Crippen molar-refractivity contribution in [3.8, 4) is 11.6 Å². The molecule has 2 atom stereocenters. The number of carbonyl (C=O) groups excluding carboxylic acids is 2. The van der Waals surface area contributed by atoms with Crippen LogP contribution in [-0.4, -0.2) is 61.2 Å². The molecular formula is C29H28N8O4.